The Morgan fingerprint density at radius 3 is 2.36 bits per heavy atom. The van der Waals surface area contributed by atoms with E-state index < -0.39 is 22.0 Å². The van der Waals surface area contributed by atoms with E-state index in [1.54, 1.807) is 37.3 Å². The maximum atomic E-state index is 12.6. The molecule has 0 spiro atoms. The molecule has 134 valence electrons. The second-order valence-corrected chi connectivity index (χ2v) is 8.78. The first-order chi connectivity index (χ1) is 11.6. The predicted octanol–water partition coefficient (Wildman–Crippen LogP) is 3.86. The van der Waals surface area contributed by atoms with E-state index in [9.17, 15) is 13.2 Å². The van der Waals surface area contributed by atoms with Crippen molar-refractivity contribution in [3.8, 4) is 0 Å². The summed E-state index contributed by atoms with van der Waals surface area (Å²) in [5.74, 6) is -0.401. The van der Waals surface area contributed by atoms with E-state index in [0.717, 1.165) is 26.2 Å². The third kappa shape index (κ3) is 4.83. The Bertz CT molecular complexity index is 897. The number of hydrogen-bond acceptors (Lipinski definition) is 3. The predicted molar refractivity (Wildman–Crippen MR) is 105 cm³/mol. The number of carbonyl (C=O) groups is 1. The van der Waals surface area contributed by atoms with Crippen molar-refractivity contribution >= 4 is 43.2 Å². The zero-order valence-electron chi connectivity index (χ0n) is 14.6. The summed E-state index contributed by atoms with van der Waals surface area (Å²) in [4.78, 5) is 12.6. The molecule has 1 amide bonds. The first-order valence-corrected chi connectivity index (χ1v) is 10.4. The molecule has 0 fully saturated rings. The van der Waals surface area contributed by atoms with Gasteiger partial charge in [0.2, 0.25) is 15.9 Å². The number of amides is 1. The summed E-state index contributed by atoms with van der Waals surface area (Å²) in [5.41, 5.74) is 3.09. The third-order valence-electron chi connectivity index (χ3n) is 3.93. The van der Waals surface area contributed by atoms with Gasteiger partial charge in [-0.15, -0.1) is 0 Å². The molecule has 0 saturated heterocycles. The Morgan fingerprint density at radius 2 is 1.80 bits per heavy atom. The van der Waals surface area contributed by atoms with Crippen LogP contribution in [0.15, 0.2) is 46.9 Å². The normalized spacial score (nSPS) is 12.5. The highest BCUT2D eigenvalue weighted by Gasteiger charge is 2.29. The van der Waals surface area contributed by atoms with Crippen molar-refractivity contribution < 1.29 is 13.2 Å². The van der Waals surface area contributed by atoms with Gasteiger partial charge in [0.1, 0.15) is 6.04 Å². The van der Waals surface area contributed by atoms with Crippen molar-refractivity contribution in [1.82, 2.24) is 0 Å². The van der Waals surface area contributed by atoms with Gasteiger partial charge in [-0.25, -0.2) is 8.42 Å². The largest absolute Gasteiger partial charge is 0.324 e. The van der Waals surface area contributed by atoms with Crippen LogP contribution in [0.3, 0.4) is 0 Å². The molecule has 5 nitrogen and oxygen atoms in total. The Morgan fingerprint density at radius 1 is 1.12 bits per heavy atom. The first kappa shape index (κ1) is 19.5. The number of benzene rings is 2. The summed E-state index contributed by atoms with van der Waals surface area (Å²) >= 11 is 3.34. The second kappa shape index (κ2) is 7.58. The number of halogens is 1. The van der Waals surface area contributed by atoms with Crippen LogP contribution in [0, 0.1) is 13.8 Å². The zero-order chi connectivity index (χ0) is 18.8. The van der Waals surface area contributed by atoms with E-state index in [0.29, 0.717) is 11.4 Å². The smallest absolute Gasteiger partial charge is 0.247 e. The first-order valence-electron chi connectivity index (χ1n) is 7.72. The molecule has 0 bridgehead atoms. The number of aryl methyl sites for hydroxylation is 2. The Balaban J connectivity index is 2.34. The SMILES string of the molecule is Cc1ccc(N([C@H](C)C(=O)Nc2cccc(Br)c2)S(C)(=O)=O)cc1C. The molecule has 0 saturated carbocycles. The molecule has 25 heavy (non-hydrogen) atoms. The van der Waals surface area contributed by atoms with Crippen LogP contribution in [0.4, 0.5) is 11.4 Å². The number of hydrogen-bond donors (Lipinski definition) is 1. The van der Waals surface area contributed by atoms with Crippen molar-refractivity contribution in [2.45, 2.75) is 26.8 Å². The highest BCUT2D eigenvalue weighted by atomic mass is 79.9. The number of nitrogens with zero attached hydrogens (tertiary/aromatic N) is 1. The van der Waals surface area contributed by atoms with Crippen LogP contribution in [0.25, 0.3) is 0 Å². The van der Waals surface area contributed by atoms with Crippen LogP contribution in [0.2, 0.25) is 0 Å². The van der Waals surface area contributed by atoms with E-state index in [1.807, 2.05) is 26.0 Å². The highest BCUT2D eigenvalue weighted by molar-refractivity contribution is 9.10. The minimum Gasteiger partial charge on any atom is -0.324 e. The fourth-order valence-corrected chi connectivity index (χ4v) is 4.05. The Labute approximate surface area is 157 Å². The lowest BCUT2D eigenvalue weighted by atomic mass is 10.1. The molecule has 0 radical (unpaired) electrons. The molecule has 0 aliphatic rings. The molecular formula is C18H21BrN2O3S. The quantitative estimate of drug-likeness (QED) is 0.791. The van der Waals surface area contributed by atoms with Gasteiger partial charge in [0, 0.05) is 10.2 Å². The number of rotatable bonds is 5. The van der Waals surface area contributed by atoms with Gasteiger partial charge in [0.15, 0.2) is 0 Å². The van der Waals surface area contributed by atoms with E-state index in [1.165, 1.54) is 0 Å². The molecule has 2 rings (SSSR count). The van der Waals surface area contributed by atoms with Gasteiger partial charge in [-0.3, -0.25) is 9.10 Å². The molecule has 1 N–H and O–H groups in total. The van der Waals surface area contributed by atoms with Gasteiger partial charge in [-0.05, 0) is 62.2 Å². The molecule has 2 aromatic rings. The third-order valence-corrected chi connectivity index (χ3v) is 5.66. The average Bonchev–Trinajstić information content (AvgIpc) is 2.49. The van der Waals surface area contributed by atoms with Crippen LogP contribution in [-0.2, 0) is 14.8 Å². The zero-order valence-corrected chi connectivity index (χ0v) is 17.0. The van der Waals surface area contributed by atoms with Gasteiger partial charge in [0.05, 0.1) is 11.9 Å². The van der Waals surface area contributed by atoms with Crippen LogP contribution < -0.4 is 9.62 Å². The summed E-state index contributed by atoms with van der Waals surface area (Å²) in [7, 11) is -3.63. The lowest BCUT2D eigenvalue weighted by molar-refractivity contribution is -0.116. The van der Waals surface area contributed by atoms with E-state index >= 15 is 0 Å². The molecule has 0 unspecified atom stereocenters. The Hall–Kier alpha value is -1.86. The van der Waals surface area contributed by atoms with E-state index in [-0.39, 0.29) is 0 Å². The monoisotopic (exact) mass is 424 g/mol. The maximum Gasteiger partial charge on any atom is 0.247 e. The molecule has 0 aliphatic heterocycles. The molecule has 0 aromatic heterocycles. The average molecular weight is 425 g/mol. The molecule has 1 atom stereocenters. The molecule has 0 heterocycles. The maximum absolute atomic E-state index is 12.6. The van der Waals surface area contributed by atoms with Gasteiger partial charge < -0.3 is 5.32 Å². The molecule has 7 heteroatoms. The standard InChI is InChI=1S/C18H21BrN2O3S/c1-12-8-9-17(10-13(12)2)21(25(4,23)24)14(3)18(22)20-16-7-5-6-15(19)11-16/h5-11,14H,1-4H3,(H,20,22)/t14-/m1/s1. The summed E-state index contributed by atoms with van der Waals surface area (Å²) in [6.07, 6.45) is 1.10. The topological polar surface area (TPSA) is 66.5 Å². The van der Waals surface area contributed by atoms with Crippen molar-refractivity contribution in [2.75, 3.05) is 15.9 Å². The lowest BCUT2D eigenvalue weighted by Crippen LogP contribution is -2.45. The molecule has 2 aromatic carbocycles. The minimum atomic E-state index is -3.63. The van der Waals surface area contributed by atoms with Crippen molar-refractivity contribution in [3.63, 3.8) is 0 Å². The number of nitrogens with one attached hydrogen (secondary N) is 1. The van der Waals surface area contributed by atoms with Crippen molar-refractivity contribution in [2.24, 2.45) is 0 Å². The fourth-order valence-electron chi connectivity index (χ4n) is 2.48. The van der Waals surface area contributed by atoms with Gasteiger partial charge in [-0.1, -0.05) is 28.1 Å². The van der Waals surface area contributed by atoms with Gasteiger partial charge >= 0.3 is 0 Å². The van der Waals surface area contributed by atoms with Crippen LogP contribution in [0.5, 0.6) is 0 Å². The number of carbonyl (C=O) groups excluding carboxylic acids is 1. The summed E-state index contributed by atoms with van der Waals surface area (Å²) in [6.45, 7) is 5.43. The second-order valence-electron chi connectivity index (χ2n) is 6.00. The van der Waals surface area contributed by atoms with Crippen molar-refractivity contribution in [1.29, 1.82) is 0 Å². The number of anilines is 2. The molecule has 0 aliphatic carbocycles. The minimum absolute atomic E-state index is 0.401. The summed E-state index contributed by atoms with van der Waals surface area (Å²) in [6, 6.07) is 11.6. The number of sulfonamides is 1. The van der Waals surface area contributed by atoms with Crippen LogP contribution in [0.1, 0.15) is 18.1 Å². The van der Waals surface area contributed by atoms with Gasteiger partial charge in [-0.2, -0.15) is 0 Å². The van der Waals surface area contributed by atoms with Crippen LogP contribution >= 0.6 is 15.9 Å². The summed E-state index contributed by atoms with van der Waals surface area (Å²) < 4.78 is 26.6. The van der Waals surface area contributed by atoms with Gasteiger partial charge in [0.25, 0.3) is 0 Å². The highest BCUT2D eigenvalue weighted by Crippen LogP contribution is 2.24. The Kier molecular flexibility index (Phi) is 5.90. The van der Waals surface area contributed by atoms with Crippen LogP contribution in [-0.4, -0.2) is 26.6 Å². The lowest BCUT2D eigenvalue weighted by Gasteiger charge is -2.28. The van der Waals surface area contributed by atoms with E-state index in [2.05, 4.69) is 21.2 Å². The fraction of sp³-hybridized carbons (Fsp3) is 0.278. The van der Waals surface area contributed by atoms with E-state index in [4.69, 9.17) is 0 Å². The van der Waals surface area contributed by atoms with Crippen molar-refractivity contribution in [3.05, 3.63) is 58.1 Å². The summed E-state index contributed by atoms with van der Waals surface area (Å²) in [5, 5.41) is 2.76. The molecular weight excluding hydrogens is 404 g/mol.